The lowest BCUT2D eigenvalue weighted by Gasteiger charge is -2.31. The van der Waals surface area contributed by atoms with Gasteiger partial charge in [0.2, 0.25) is 5.91 Å². The first-order valence-electron chi connectivity index (χ1n) is 12.2. The number of hydrogen-bond donors (Lipinski definition) is 1. The highest BCUT2D eigenvalue weighted by Crippen LogP contribution is 2.19. The van der Waals surface area contributed by atoms with Gasteiger partial charge in [-0.3, -0.25) is 9.59 Å². The van der Waals surface area contributed by atoms with Crippen molar-refractivity contribution >= 4 is 11.8 Å². The largest absolute Gasteiger partial charge is 0.484 e. The predicted molar refractivity (Wildman–Crippen MR) is 140 cm³/mol. The van der Waals surface area contributed by atoms with Crippen molar-refractivity contribution in [1.29, 1.82) is 0 Å². The van der Waals surface area contributed by atoms with Gasteiger partial charge in [-0.15, -0.1) is 0 Å². The predicted octanol–water partition coefficient (Wildman–Crippen LogP) is 5.16. The Labute approximate surface area is 209 Å². The van der Waals surface area contributed by atoms with Crippen molar-refractivity contribution in [2.75, 3.05) is 13.2 Å². The highest BCUT2D eigenvalue weighted by Gasteiger charge is 2.30. The number of ether oxygens (including phenoxy) is 1. The minimum atomic E-state index is -0.652. The van der Waals surface area contributed by atoms with Gasteiger partial charge < -0.3 is 15.0 Å². The van der Waals surface area contributed by atoms with Crippen molar-refractivity contribution in [1.82, 2.24) is 10.2 Å². The van der Waals surface area contributed by atoms with Crippen LogP contribution in [0.3, 0.4) is 0 Å². The van der Waals surface area contributed by atoms with E-state index >= 15 is 0 Å². The normalized spacial score (nSPS) is 11.5. The van der Waals surface area contributed by atoms with Crippen LogP contribution in [0.15, 0.2) is 72.8 Å². The molecule has 3 rings (SSSR count). The van der Waals surface area contributed by atoms with Crippen molar-refractivity contribution < 1.29 is 14.3 Å². The first kappa shape index (κ1) is 26.0. The molecule has 1 atom stereocenters. The van der Waals surface area contributed by atoms with Gasteiger partial charge >= 0.3 is 0 Å². The molecule has 0 heterocycles. The first-order chi connectivity index (χ1) is 16.9. The summed E-state index contributed by atoms with van der Waals surface area (Å²) in [5.41, 5.74) is 5.36. The summed E-state index contributed by atoms with van der Waals surface area (Å²) in [5.74, 6) is 0.271. The zero-order valence-corrected chi connectivity index (χ0v) is 21.2. The maximum atomic E-state index is 13.6. The van der Waals surface area contributed by atoms with E-state index in [1.807, 2.05) is 100 Å². The molecule has 0 saturated heterocycles. The van der Waals surface area contributed by atoms with Gasteiger partial charge in [0.05, 0.1) is 0 Å². The molecule has 0 bridgehead atoms. The number of carbonyl (C=O) groups is 2. The van der Waals surface area contributed by atoms with E-state index in [0.29, 0.717) is 25.3 Å². The molecule has 0 aliphatic rings. The number of carbonyl (C=O) groups excluding carboxylic acids is 2. The molecule has 1 N–H and O–H groups in total. The second kappa shape index (κ2) is 12.7. The number of amides is 2. The average molecular weight is 473 g/mol. The minimum absolute atomic E-state index is 0.138. The van der Waals surface area contributed by atoms with Crippen molar-refractivity contribution in [2.45, 2.75) is 53.1 Å². The standard InChI is InChI=1S/C30H36N2O3/c1-5-16-31-30(34)28(19-25-11-7-6-8-12-25)32(20-26-13-9-10-22(2)17-26)29(33)21-35-27-15-14-23(3)24(4)18-27/h6-15,17-18,28H,5,16,19-21H2,1-4H3,(H,31,34)/t28-/m1/s1. The summed E-state index contributed by atoms with van der Waals surface area (Å²) in [6.07, 6.45) is 1.25. The number of nitrogens with one attached hydrogen (secondary N) is 1. The van der Waals surface area contributed by atoms with Crippen LogP contribution in [0.5, 0.6) is 5.75 Å². The molecule has 0 spiro atoms. The Balaban J connectivity index is 1.89. The van der Waals surface area contributed by atoms with Crippen molar-refractivity contribution in [2.24, 2.45) is 0 Å². The SMILES string of the molecule is CCCNC(=O)[C@@H](Cc1ccccc1)N(Cc1cccc(C)c1)C(=O)COc1ccc(C)c(C)c1. The van der Waals surface area contributed by atoms with Gasteiger partial charge in [-0.05, 0) is 61.6 Å². The number of rotatable bonds is 11. The van der Waals surface area contributed by atoms with E-state index in [4.69, 9.17) is 4.74 Å². The zero-order valence-electron chi connectivity index (χ0n) is 21.2. The van der Waals surface area contributed by atoms with Crippen LogP contribution in [-0.2, 0) is 22.6 Å². The van der Waals surface area contributed by atoms with Crippen LogP contribution in [-0.4, -0.2) is 35.9 Å². The molecule has 5 nitrogen and oxygen atoms in total. The third kappa shape index (κ3) is 7.71. The van der Waals surface area contributed by atoms with E-state index in [-0.39, 0.29) is 18.4 Å². The molecule has 0 saturated carbocycles. The van der Waals surface area contributed by atoms with Crippen LogP contribution in [0.2, 0.25) is 0 Å². The Morgan fingerprint density at radius 3 is 2.31 bits per heavy atom. The topological polar surface area (TPSA) is 58.6 Å². The highest BCUT2D eigenvalue weighted by atomic mass is 16.5. The van der Waals surface area contributed by atoms with E-state index in [1.54, 1.807) is 4.90 Å². The van der Waals surface area contributed by atoms with Crippen molar-refractivity contribution in [3.63, 3.8) is 0 Å². The second-order valence-electron chi connectivity index (χ2n) is 9.04. The van der Waals surface area contributed by atoms with E-state index in [1.165, 1.54) is 5.56 Å². The third-order valence-corrected chi connectivity index (χ3v) is 6.10. The fourth-order valence-electron chi connectivity index (χ4n) is 3.96. The van der Waals surface area contributed by atoms with Gasteiger partial charge in [0.25, 0.3) is 5.91 Å². The lowest BCUT2D eigenvalue weighted by Crippen LogP contribution is -2.51. The van der Waals surface area contributed by atoms with Gasteiger partial charge in [-0.1, -0.05) is 73.2 Å². The van der Waals surface area contributed by atoms with Crippen LogP contribution in [0, 0.1) is 20.8 Å². The lowest BCUT2D eigenvalue weighted by atomic mass is 10.0. The molecule has 5 heteroatoms. The van der Waals surface area contributed by atoms with Gasteiger partial charge in [0.1, 0.15) is 11.8 Å². The van der Waals surface area contributed by atoms with Crippen molar-refractivity contribution in [3.05, 3.63) is 101 Å². The molecule has 3 aromatic carbocycles. The summed E-state index contributed by atoms with van der Waals surface area (Å²) in [4.78, 5) is 28.6. The molecular weight excluding hydrogens is 436 g/mol. The summed E-state index contributed by atoms with van der Waals surface area (Å²) in [6.45, 7) is 8.84. The summed E-state index contributed by atoms with van der Waals surface area (Å²) in [5, 5.41) is 3.00. The summed E-state index contributed by atoms with van der Waals surface area (Å²) >= 11 is 0. The molecular formula is C30H36N2O3. The second-order valence-corrected chi connectivity index (χ2v) is 9.04. The van der Waals surface area contributed by atoms with Gasteiger partial charge in [0.15, 0.2) is 6.61 Å². The van der Waals surface area contributed by atoms with Crippen LogP contribution in [0.4, 0.5) is 0 Å². The summed E-state index contributed by atoms with van der Waals surface area (Å²) in [6, 6.07) is 23.0. The van der Waals surface area contributed by atoms with Crippen LogP contribution >= 0.6 is 0 Å². The highest BCUT2D eigenvalue weighted by molar-refractivity contribution is 5.88. The Hall–Kier alpha value is -3.60. The van der Waals surface area contributed by atoms with Crippen molar-refractivity contribution in [3.8, 4) is 5.75 Å². The fraction of sp³-hybridized carbons (Fsp3) is 0.333. The smallest absolute Gasteiger partial charge is 0.261 e. The molecule has 184 valence electrons. The van der Waals surface area contributed by atoms with Crippen LogP contribution in [0.25, 0.3) is 0 Å². The maximum Gasteiger partial charge on any atom is 0.261 e. The molecule has 0 radical (unpaired) electrons. The van der Waals surface area contributed by atoms with E-state index in [0.717, 1.165) is 28.7 Å². The fourth-order valence-corrected chi connectivity index (χ4v) is 3.96. The molecule has 0 aliphatic carbocycles. The number of hydrogen-bond acceptors (Lipinski definition) is 3. The molecule has 35 heavy (non-hydrogen) atoms. The van der Waals surface area contributed by atoms with Gasteiger partial charge in [-0.25, -0.2) is 0 Å². The zero-order chi connectivity index (χ0) is 25.2. The number of aryl methyl sites for hydroxylation is 3. The summed E-state index contributed by atoms with van der Waals surface area (Å²) in [7, 11) is 0. The molecule has 0 unspecified atom stereocenters. The van der Waals surface area contributed by atoms with Crippen LogP contribution in [0.1, 0.15) is 41.2 Å². The maximum absolute atomic E-state index is 13.6. The van der Waals surface area contributed by atoms with Gasteiger partial charge in [0, 0.05) is 19.5 Å². The van der Waals surface area contributed by atoms with E-state index < -0.39 is 6.04 Å². The number of nitrogens with zero attached hydrogens (tertiary/aromatic N) is 1. The third-order valence-electron chi connectivity index (χ3n) is 6.10. The monoisotopic (exact) mass is 472 g/mol. The quantitative estimate of drug-likeness (QED) is 0.420. The Bertz CT molecular complexity index is 1130. The first-order valence-corrected chi connectivity index (χ1v) is 12.2. The average Bonchev–Trinajstić information content (AvgIpc) is 2.86. The lowest BCUT2D eigenvalue weighted by molar-refractivity contribution is -0.142. The van der Waals surface area contributed by atoms with Gasteiger partial charge in [-0.2, -0.15) is 0 Å². The molecule has 0 fully saturated rings. The van der Waals surface area contributed by atoms with Crippen LogP contribution < -0.4 is 10.1 Å². The molecule has 0 aliphatic heterocycles. The molecule has 3 aromatic rings. The Kier molecular flexibility index (Phi) is 9.47. The van der Waals surface area contributed by atoms with E-state index in [2.05, 4.69) is 5.32 Å². The number of benzene rings is 3. The Morgan fingerprint density at radius 2 is 1.63 bits per heavy atom. The molecule has 0 aromatic heterocycles. The van der Waals surface area contributed by atoms with E-state index in [9.17, 15) is 9.59 Å². The Morgan fingerprint density at radius 1 is 0.886 bits per heavy atom. The molecule has 2 amide bonds. The summed E-state index contributed by atoms with van der Waals surface area (Å²) < 4.78 is 5.88. The minimum Gasteiger partial charge on any atom is -0.484 e.